The average molecular weight is 514 g/mol. The van der Waals surface area contributed by atoms with E-state index < -0.39 is 9.84 Å². The Morgan fingerprint density at radius 3 is 2.50 bits per heavy atom. The van der Waals surface area contributed by atoms with E-state index in [0.717, 1.165) is 16.8 Å². The Hall–Kier alpha value is -2.98. The highest BCUT2D eigenvalue weighted by molar-refractivity contribution is 9.10. The number of hydrogen-bond donors (Lipinski definition) is 1. The van der Waals surface area contributed by atoms with Crippen LogP contribution in [0.4, 0.5) is 5.82 Å². The fraction of sp³-hybridized carbons (Fsp3) is 0.227. The number of halogens is 1. The van der Waals surface area contributed by atoms with Crippen LogP contribution >= 0.6 is 15.9 Å². The normalized spacial score (nSPS) is 16.3. The molecule has 2 N–H and O–H groups in total. The van der Waals surface area contributed by atoms with Crippen LogP contribution in [0.3, 0.4) is 0 Å². The highest BCUT2D eigenvalue weighted by atomic mass is 79.9. The number of rotatable bonds is 4. The van der Waals surface area contributed by atoms with Crippen LogP contribution in [-0.2, 0) is 9.84 Å². The molecule has 1 aromatic carbocycles. The summed E-state index contributed by atoms with van der Waals surface area (Å²) in [6.45, 7) is 0. The van der Waals surface area contributed by atoms with Crippen molar-refractivity contribution in [2.45, 2.75) is 18.8 Å². The van der Waals surface area contributed by atoms with Gasteiger partial charge >= 0.3 is 0 Å². The maximum absolute atomic E-state index is 11.8. The predicted octanol–water partition coefficient (Wildman–Crippen LogP) is 4.22. The van der Waals surface area contributed by atoms with E-state index in [9.17, 15) is 8.42 Å². The molecule has 8 nitrogen and oxygen atoms in total. The first-order valence-electron chi connectivity index (χ1n) is 10.1. The van der Waals surface area contributed by atoms with E-state index in [-0.39, 0.29) is 17.4 Å². The lowest BCUT2D eigenvalue weighted by molar-refractivity contribution is 0.463. The van der Waals surface area contributed by atoms with E-state index in [1.807, 2.05) is 36.4 Å². The molecule has 0 radical (unpaired) electrons. The lowest BCUT2D eigenvalue weighted by atomic mass is 9.98. The zero-order valence-electron chi connectivity index (χ0n) is 17.0. The van der Waals surface area contributed by atoms with Crippen molar-refractivity contribution in [2.75, 3.05) is 17.2 Å². The van der Waals surface area contributed by atoms with E-state index in [1.165, 1.54) is 0 Å². The van der Waals surface area contributed by atoms with Gasteiger partial charge in [0.15, 0.2) is 5.65 Å². The Bertz CT molecular complexity index is 1370. The van der Waals surface area contributed by atoms with Crippen molar-refractivity contribution in [1.82, 2.24) is 19.6 Å². The molecule has 10 heteroatoms. The molecule has 3 aromatic heterocycles. The van der Waals surface area contributed by atoms with Crippen molar-refractivity contribution in [3.63, 3.8) is 0 Å². The number of ether oxygens (including phenoxy) is 1. The highest BCUT2D eigenvalue weighted by Gasteiger charge is 2.29. The molecule has 1 saturated heterocycles. The van der Waals surface area contributed by atoms with Crippen LogP contribution in [0.15, 0.2) is 59.3 Å². The van der Waals surface area contributed by atoms with E-state index in [2.05, 4.69) is 26.0 Å². The second kappa shape index (κ2) is 8.18. The van der Waals surface area contributed by atoms with Gasteiger partial charge in [-0.2, -0.15) is 9.61 Å². The summed E-state index contributed by atoms with van der Waals surface area (Å²) in [6, 6.07) is 13.1. The van der Waals surface area contributed by atoms with E-state index in [4.69, 9.17) is 15.5 Å². The van der Waals surface area contributed by atoms with Gasteiger partial charge in [-0.25, -0.2) is 18.4 Å². The van der Waals surface area contributed by atoms with Gasteiger partial charge in [-0.05, 0) is 47.0 Å². The summed E-state index contributed by atoms with van der Waals surface area (Å²) >= 11 is 3.55. The van der Waals surface area contributed by atoms with Gasteiger partial charge < -0.3 is 10.5 Å². The quantitative estimate of drug-likeness (QED) is 0.434. The van der Waals surface area contributed by atoms with Crippen molar-refractivity contribution in [3.05, 3.63) is 65.0 Å². The van der Waals surface area contributed by atoms with Crippen LogP contribution in [0.2, 0.25) is 0 Å². The number of nitrogens with two attached hydrogens (primary N) is 1. The number of para-hydroxylation sites is 1. The Kier molecular flexibility index (Phi) is 5.34. The Morgan fingerprint density at radius 2 is 1.81 bits per heavy atom. The lowest BCUT2D eigenvalue weighted by Gasteiger charge is -2.23. The minimum atomic E-state index is -2.97. The molecule has 32 heavy (non-hydrogen) atoms. The Morgan fingerprint density at radius 1 is 1.06 bits per heavy atom. The number of pyridine rings is 1. The molecular weight excluding hydrogens is 494 g/mol. The van der Waals surface area contributed by atoms with Gasteiger partial charge in [0.25, 0.3) is 0 Å². The molecule has 0 spiro atoms. The number of nitrogens with zero attached hydrogens (tertiary/aromatic N) is 4. The zero-order chi connectivity index (χ0) is 22.3. The third-order valence-electron chi connectivity index (χ3n) is 5.60. The van der Waals surface area contributed by atoms with Crippen LogP contribution in [0.1, 0.15) is 24.5 Å². The minimum Gasteiger partial charge on any atom is -0.439 e. The minimum absolute atomic E-state index is 0.0164. The first kappa shape index (κ1) is 20.9. The number of fused-ring (bicyclic) bond motifs is 1. The molecule has 1 aliphatic rings. The van der Waals surface area contributed by atoms with Crippen LogP contribution in [0.25, 0.3) is 16.8 Å². The molecule has 0 amide bonds. The molecule has 4 aromatic rings. The molecule has 164 valence electrons. The van der Waals surface area contributed by atoms with Gasteiger partial charge in [0.2, 0.25) is 5.88 Å². The summed E-state index contributed by atoms with van der Waals surface area (Å²) in [4.78, 5) is 9.26. The molecule has 1 fully saturated rings. The Labute approximate surface area is 193 Å². The summed E-state index contributed by atoms with van der Waals surface area (Å²) < 4.78 is 31.7. The zero-order valence-corrected chi connectivity index (χ0v) is 19.4. The molecule has 0 unspecified atom stereocenters. The number of nitrogen functional groups attached to an aromatic ring is 1. The van der Waals surface area contributed by atoms with Crippen molar-refractivity contribution < 1.29 is 13.2 Å². The third-order valence-corrected chi connectivity index (χ3v) is 8.13. The largest absolute Gasteiger partial charge is 0.439 e. The summed E-state index contributed by atoms with van der Waals surface area (Å²) in [5.41, 5.74) is 9.32. The second-order valence-electron chi connectivity index (χ2n) is 7.72. The smallest absolute Gasteiger partial charge is 0.219 e. The molecule has 5 rings (SSSR count). The van der Waals surface area contributed by atoms with E-state index in [0.29, 0.717) is 40.4 Å². The Balaban J connectivity index is 1.49. The number of sulfone groups is 1. The van der Waals surface area contributed by atoms with Gasteiger partial charge in [-0.15, -0.1) is 0 Å². The molecule has 4 heterocycles. The van der Waals surface area contributed by atoms with Gasteiger partial charge in [-0.1, -0.05) is 18.2 Å². The average Bonchev–Trinajstić information content (AvgIpc) is 3.22. The first-order chi connectivity index (χ1) is 15.4. The van der Waals surface area contributed by atoms with Crippen molar-refractivity contribution in [3.8, 4) is 22.8 Å². The first-order valence-corrected chi connectivity index (χ1v) is 12.7. The number of hydrogen-bond acceptors (Lipinski definition) is 7. The summed E-state index contributed by atoms with van der Waals surface area (Å²) in [7, 11) is -2.97. The predicted molar refractivity (Wildman–Crippen MR) is 125 cm³/mol. The summed E-state index contributed by atoms with van der Waals surface area (Å²) in [5, 5.41) is 4.40. The SMILES string of the molecule is Nc1c(Br)c(C2CCS(=O)(=O)CC2)nc2c(-c3ccc(Oc4ccccc4)nc3)cnn12. The maximum atomic E-state index is 11.8. The second-order valence-corrected chi connectivity index (χ2v) is 10.8. The molecule has 0 atom stereocenters. The fourth-order valence-electron chi connectivity index (χ4n) is 3.86. The van der Waals surface area contributed by atoms with Crippen LogP contribution in [-0.4, -0.2) is 39.5 Å². The fourth-order valence-corrected chi connectivity index (χ4v) is 5.93. The highest BCUT2D eigenvalue weighted by Crippen LogP contribution is 2.37. The van der Waals surface area contributed by atoms with Crippen LogP contribution in [0, 0.1) is 0 Å². The molecule has 0 saturated carbocycles. The van der Waals surface area contributed by atoms with Gasteiger partial charge in [-0.3, -0.25) is 0 Å². The van der Waals surface area contributed by atoms with Gasteiger partial charge in [0, 0.05) is 29.3 Å². The van der Waals surface area contributed by atoms with Gasteiger partial charge in [0.05, 0.1) is 27.9 Å². The number of anilines is 1. The topological polar surface area (TPSA) is 112 Å². The maximum Gasteiger partial charge on any atom is 0.219 e. The van der Waals surface area contributed by atoms with Crippen LogP contribution < -0.4 is 10.5 Å². The van der Waals surface area contributed by atoms with E-state index in [1.54, 1.807) is 23.0 Å². The molecule has 1 aliphatic heterocycles. The molecule has 0 bridgehead atoms. The standard InChI is InChI=1S/C22H20BrN5O3S/c23-19-20(14-8-10-32(29,30)11-9-14)27-22-17(13-26-28(22)21(19)24)15-6-7-18(25-12-15)31-16-4-2-1-3-5-16/h1-7,12-14H,8-11,24H2. The molecular formula is C22H20BrN5O3S. The van der Waals surface area contributed by atoms with Crippen LogP contribution in [0.5, 0.6) is 11.6 Å². The monoisotopic (exact) mass is 513 g/mol. The van der Waals surface area contributed by atoms with Crippen molar-refractivity contribution in [2.24, 2.45) is 0 Å². The molecule has 0 aliphatic carbocycles. The number of benzene rings is 1. The van der Waals surface area contributed by atoms with E-state index >= 15 is 0 Å². The van der Waals surface area contributed by atoms with Crippen molar-refractivity contribution >= 4 is 37.2 Å². The van der Waals surface area contributed by atoms with Crippen molar-refractivity contribution in [1.29, 1.82) is 0 Å². The summed E-state index contributed by atoms with van der Waals surface area (Å²) in [6.07, 6.45) is 4.47. The van der Waals surface area contributed by atoms with Gasteiger partial charge in [0.1, 0.15) is 21.4 Å². The third kappa shape index (κ3) is 3.95. The number of aromatic nitrogens is 4. The lowest BCUT2D eigenvalue weighted by Crippen LogP contribution is -2.23. The summed E-state index contributed by atoms with van der Waals surface area (Å²) in [5.74, 6) is 1.97.